The fraction of sp³-hybridized carbons (Fsp3) is 0.167. The predicted octanol–water partition coefficient (Wildman–Crippen LogP) is 1.26. The van der Waals surface area contributed by atoms with Crippen LogP contribution < -0.4 is 5.32 Å². The molecule has 0 aliphatic carbocycles. The monoisotopic (exact) mass is 255 g/mol. The second-order valence-electron chi connectivity index (χ2n) is 3.12. The number of hydrogen-bond acceptors (Lipinski definition) is 3. The van der Waals surface area contributed by atoms with Gasteiger partial charge in [-0.3, -0.25) is 0 Å². The first kappa shape index (κ1) is 15.8. The third kappa shape index (κ3) is 7.13. The highest BCUT2D eigenvalue weighted by Crippen LogP contribution is 2.04. The molecule has 0 heterocycles. The fourth-order valence-corrected chi connectivity index (χ4v) is 0.951. The summed E-state index contributed by atoms with van der Waals surface area (Å²) in [5, 5.41) is 17.8. The van der Waals surface area contributed by atoms with Gasteiger partial charge in [0.15, 0.2) is 0 Å². The lowest BCUT2D eigenvalue weighted by Gasteiger charge is -2.02. The quantitative estimate of drug-likeness (QED) is 0.428. The van der Waals surface area contributed by atoms with Crippen LogP contribution in [-0.2, 0) is 16.1 Å². The molecule has 3 N–H and O–H groups in total. The number of rotatable bonds is 4. The Labute approximate surface area is 104 Å². The smallest absolute Gasteiger partial charge is 0.414 e. The van der Waals surface area contributed by atoms with Crippen molar-refractivity contribution in [2.75, 3.05) is 6.54 Å². The van der Waals surface area contributed by atoms with Gasteiger partial charge >= 0.3 is 11.9 Å². The Morgan fingerprint density at radius 1 is 1.28 bits per heavy atom. The molecule has 0 aliphatic heterocycles. The number of carbonyl (C=O) groups is 2. The Morgan fingerprint density at radius 3 is 2.28 bits per heavy atom. The summed E-state index contributed by atoms with van der Waals surface area (Å²) in [4.78, 5) is 18.2. The highest BCUT2D eigenvalue weighted by atomic mass is 19.1. The number of carboxylic acid groups (broad SMARTS) is 2. The van der Waals surface area contributed by atoms with Gasteiger partial charge in [0.2, 0.25) is 0 Å². The van der Waals surface area contributed by atoms with Crippen LogP contribution in [0.5, 0.6) is 0 Å². The molecule has 0 saturated heterocycles. The molecular weight excluding hydrogens is 241 g/mol. The Morgan fingerprint density at radius 2 is 1.83 bits per heavy atom. The molecule has 98 valence electrons. The molecule has 0 fully saturated rings. The number of carboxylic acids is 2. The summed E-state index contributed by atoms with van der Waals surface area (Å²) < 4.78 is 13.0. The molecule has 6 heteroatoms. The summed E-state index contributed by atoms with van der Waals surface area (Å²) in [5.74, 6) is -3.81. The molecule has 0 radical (unpaired) electrons. The van der Waals surface area contributed by atoms with Crippen LogP contribution in [0.4, 0.5) is 4.39 Å². The molecule has 0 bridgehead atoms. The van der Waals surface area contributed by atoms with E-state index in [0.717, 1.165) is 0 Å². The summed E-state index contributed by atoms with van der Waals surface area (Å²) in [6.45, 7) is 4.82. The van der Waals surface area contributed by atoms with Gasteiger partial charge in [0.05, 0.1) is 0 Å². The molecule has 0 aliphatic rings. The summed E-state index contributed by atoms with van der Waals surface area (Å²) in [5.41, 5.74) is 0.694. The molecular formula is C12H14FNO4. The van der Waals surface area contributed by atoms with Crippen molar-refractivity contribution >= 4 is 11.9 Å². The first-order chi connectivity index (χ1) is 8.49. The van der Waals surface area contributed by atoms with E-state index in [1.165, 1.54) is 6.07 Å². The summed E-state index contributed by atoms with van der Waals surface area (Å²) in [7, 11) is 0. The van der Waals surface area contributed by atoms with Gasteiger partial charge in [-0.15, -0.1) is 6.58 Å². The first-order valence-electron chi connectivity index (χ1n) is 5.00. The average Bonchev–Trinajstić information content (AvgIpc) is 2.32. The largest absolute Gasteiger partial charge is 0.473 e. The topological polar surface area (TPSA) is 86.6 Å². The van der Waals surface area contributed by atoms with Crippen molar-refractivity contribution in [2.45, 2.75) is 6.54 Å². The van der Waals surface area contributed by atoms with E-state index in [1.54, 1.807) is 18.2 Å². The van der Waals surface area contributed by atoms with Crippen molar-refractivity contribution in [2.24, 2.45) is 0 Å². The fourth-order valence-electron chi connectivity index (χ4n) is 0.951. The average molecular weight is 255 g/mol. The minimum absolute atomic E-state index is 0.158. The van der Waals surface area contributed by atoms with Crippen LogP contribution in [0.1, 0.15) is 5.56 Å². The molecule has 0 amide bonds. The van der Waals surface area contributed by atoms with Crippen molar-refractivity contribution < 1.29 is 24.2 Å². The minimum atomic E-state index is -1.82. The maximum atomic E-state index is 13.0. The lowest BCUT2D eigenvalue weighted by atomic mass is 10.2. The van der Waals surface area contributed by atoms with Gasteiger partial charge in [0.1, 0.15) is 5.82 Å². The summed E-state index contributed by atoms with van der Waals surface area (Å²) >= 11 is 0. The summed E-state index contributed by atoms with van der Waals surface area (Å²) in [6, 6.07) is 6.75. The van der Waals surface area contributed by atoms with Gasteiger partial charge in [-0.25, -0.2) is 14.0 Å². The van der Waals surface area contributed by atoms with Gasteiger partial charge in [0, 0.05) is 18.7 Å². The van der Waals surface area contributed by atoms with E-state index in [-0.39, 0.29) is 5.82 Å². The minimum Gasteiger partial charge on any atom is -0.473 e. The standard InChI is InChI=1S/C10H12FN.C2H2O4/c1-2-7-12-8-9-5-3-4-6-10(9)11;3-1(4)2(5)6/h2-6,12H,1,7-8H2;(H,3,4)(H,5,6). The molecule has 0 spiro atoms. The van der Waals surface area contributed by atoms with Crippen molar-refractivity contribution in [1.82, 2.24) is 5.32 Å². The molecule has 0 atom stereocenters. The number of aliphatic carboxylic acids is 2. The third-order valence-electron chi connectivity index (χ3n) is 1.74. The lowest BCUT2D eigenvalue weighted by molar-refractivity contribution is -0.159. The molecule has 1 rings (SSSR count). The van der Waals surface area contributed by atoms with Crippen molar-refractivity contribution in [1.29, 1.82) is 0 Å². The van der Waals surface area contributed by atoms with Crippen LogP contribution in [0.25, 0.3) is 0 Å². The van der Waals surface area contributed by atoms with E-state index in [9.17, 15) is 4.39 Å². The van der Waals surface area contributed by atoms with E-state index >= 15 is 0 Å². The molecule has 5 nitrogen and oxygen atoms in total. The molecule has 0 saturated carbocycles. The third-order valence-corrected chi connectivity index (χ3v) is 1.74. The van der Waals surface area contributed by atoms with E-state index in [2.05, 4.69) is 11.9 Å². The van der Waals surface area contributed by atoms with E-state index < -0.39 is 11.9 Å². The zero-order valence-corrected chi connectivity index (χ0v) is 9.60. The Kier molecular flexibility index (Phi) is 7.80. The van der Waals surface area contributed by atoms with Crippen molar-refractivity contribution in [3.63, 3.8) is 0 Å². The van der Waals surface area contributed by atoms with Gasteiger partial charge in [0.25, 0.3) is 0 Å². The Balaban J connectivity index is 0.000000411. The van der Waals surface area contributed by atoms with Crippen LogP contribution >= 0.6 is 0 Å². The van der Waals surface area contributed by atoms with Gasteiger partial charge < -0.3 is 15.5 Å². The highest BCUT2D eigenvalue weighted by Gasteiger charge is 2.04. The maximum Gasteiger partial charge on any atom is 0.414 e. The Hall–Kier alpha value is -2.21. The number of nitrogens with one attached hydrogen (secondary N) is 1. The van der Waals surface area contributed by atoms with Crippen molar-refractivity contribution in [3.8, 4) is 0 Å². The van der Waals surface area contributed by atoms with Crippen LogP contribution in [0.3, 0.4) is 0 Å². The van der Waals surface area contributed by atoms with E-state index in [4.69, 9.17) is 19.8 Å². The number of halogens is 1. The van der Waals surface area contributed by atoms with Crippen molar-refractivity contribution in [3.05, 3.63) is 48.3 Å². The zero-order valence-electron chi connectivity index (χ0n) is 9.60. The predicted molar refractivity (Wildman–Crippen MR) is 63.6 cm³/mol. The second kappa shape index (κ2) is 8.89. The molecule has 0 aromatic heterocycles. The van der Waals surface area contributed by atoms with Crippen LogP contribution in [0.15, 0.2) is 36.9 Å². The number of benzene rings is 1. The SMILES string of the molecule is C=CCNCc1ccccc1F.O=C(O)C(=O)O. The molecule has 1 aromatic carbocycles. The van der Waals surface area contributed by atoms with Gasteiger partial charge in [-0.05, 0) is 6.07 Å². The van der Waals surface area contributed by atoms with Gasteiger partial charge in [-0.1, -0.05) is 24.3 Å². The van der Waals surface area contributed by atoms with E-state index in [1.807, 2.05) is 6.07 Å². The Bertz CT molecular complexity index is 408. The first-order valence-corrected chi connectivity index (χ1v) is 5.00. The lowest BCUT2D eigenvalue weighted by Crippen LogP contribution is -2.13. The normalized spacial score (nSPS) is 8.94. The molecule has 0 unspecified atom stereocenters. The van der Waals surface area contributed by atoms with Gasteiger partial charge in [-0.2, -0.15) is 0 Å². The zero-order chi connectivity index (χ0) is 14.0. The van der Waals surface area contributed by atoms with Crippen LogP contribution in [-0.4, -0.2) is 28.7 Å². The number of hydrogen-bond donors (Lipinski definition) is 3. The molecule has 1 aromatic rings. The molecule has 18 heavy (non-hydrogen) atoms. The van der Waals surface area contributed by atoms with Crippen LogP contribution in [0, 0.1) is 5.82 Å². The van der Waals surface area contributed by atoms with Crippen LogP contribution in [0.2, 0.25) is 0 Å². The summed E-state index contributed by atoms with van der Waals surface area (Å²) in [6.07, 6.45) is 1.75. The second-order valence-corrected chi connectivity index (χ2v) is 3.12. The van der Waals surface area contributed by atoms with E-state index in [0.29, 0.717) is 18.7 Å². The maximum absolute atomic E-state index is 13.0. The highest BCUT2D eigenvalue weighted by molar-refractivity contribution is 6.27.